The van der Waals surface area contributed by atoms with Crippen LogP contribution in [0.1, 0.15) is 35.4 Å². The monoisotopic (exact) mass is 346 g/mol. The summed E-state index contributed by atoms with van der Waals surface area (Å²) in [6.07, 6.45) is 4.10. The van der Waals surface area contributed by atoms with E-state index in [1.54, 1.807) is 0 Å². The molecule has 4 nitrogen and oxygen atoms in total. The third-order valence-electron chi connectivity index (χ3n) is 5.21. The third-order valence-corrected chi connectivity index (χ3v) is 5.21. The molecule has 0 N–H and O–H groups in total. The smallest absolute Gasteiger partial charge is 0.369 e. The van der Waals surface area contributed by atoms with Crippen LogP contribution >= 0.6 is 0 Å². The van der Waals surface area contributed by atoms with Gasteiger partial charge >= 0.3 is 5.97 Å². The molecule has 2 aliphatic heterocycles. The molecule has 0 radical (unpaired) electrons. The van der Waals surface area contributed by atoms with Crippen molar-refractivity contribution in [2.45, 2.75) is 25.7 Å². The summed E-state index contributed by atoms with van der Waals surface area (Å²) in [4.78, 5) is 19.4. The number of oxime groups is 1. The van der Waals surface area contributed by atoms with Crippen molar-refractivity contribution in [3.63, 3.8) is 0 Å². The maximum absolute atomic E-state index is 12.2. The second-order valence-corrected chi connectivity index (χ2v) is 6.90. The minimum atomic E-state index is -0.367. The van der Waals surface area contributed by atoms with Crippen molar-refractivity contribution in [1.29, 1.82) is 0 Å². The summed E-state index contributed by atoms with van der Waals surface area (Å²) in [6.45, 7) is 3.87. The van der Waals surface area contributed by atoms with E-state index >= 15 is 0 Å². The lowest BCUT2D eigenvalue weighted by Gasteiger charge is -2.31. The van der Waals surface area contributed by atoms with Crippen LogP contribution in [0.2, 0.25) is 0 Å². The van der Waals surface area contributed by atoms with Gasteiger partial charge in [0, 0.05) is 24.9 Å². The van der Waals surface area contributed by atoms with Crippen LogP contribution in [0.15, 0.2) is 71.5 Å². The fraction of sp³-hybridized carbons (Fsp3) is 0.273. The average molecular weight is 346 g/mol. The second-order valence-electron chi connectivity index (χ2n) is 6.90. The van der Waals surface area contributed by atoms with Gasteiger partial charge in [0.25, 0.3) is 0 Å². The molecular weight excluding hydrogens is 324 g/mol. The standard InChI is InChI=1S/C22H22N2O2/c1-16-7-5-6-10-19(16)21-20(22(25)26-23-21)15-24-13-11-18(12-14-24)17-8-3-2-4-9-17/h2-10,15,18H,11-14H2,1H3. The predicted octanol–water partition coefficient (Wildman–Crippen LogP) is 4.02. The predicted molar refractivity (Wildman–Crippen MR) is 102 cm³/mol. The number of carbonyl (C=O) groups excluding carboxylic acids is 1. The summed E-state index contributed by atoms with van der Waals surface area (Å²) in [6, 6.07) is 18.6. The van der Waals surface area contributed by atoms with Gasteiger partial charge < -0.3 is 9.74 Å². The van der Waals surface area contributed by atoms with Gasteiger partial charge in [-0.3, -0.25) is 0 Å². The summed E-state index contributed by atoms with van der Waals surface area (Å²) < 4.78 is 0. The number of rotatable bonds is 3. The molecule has 1 fully saturated rings. The fourth-order valence-corrected chi connectivity index (χ4v) is 3.70. The van der Waals surface area contributed by atoms with Gasteiger partial charge in [0.05, 0.1) is 0 Å². The Kier molecular flexibility index (Phi) is 4.57. The molecule has 132 valence electrons. The zero-order valence-corrected chi connectivity index (χ0v) is 14.9. The molecule has 2 aliphatic rings. The van der Waals surface area contributed by atoms with E-state index in [0.29, 0.717) is 17.2 Å². The van der Waals surface area contributed by atoms with E-state index in [0.717, 1.165) is 37.1 Å². The molecule has 0 amide bonds. The van der Waals surface area contributed by atoms with Crippen molar-refractivity contribution in [3.05, 3.63) is 83.1 Å². The first kappa shape index (κ1) is 16.6. The number of aryl methyl sites for hydroxylation is 1. The highest BCUT2D eigenvalue weighted by Gasteiger charge is 2.29. The zero-order valence-electron chi connectivity index (χ0n) is 14.9. The molecule has 4 rings (SSSR count). The van der Waals surface area contributed by atoms with E-state index in [9.17, 15) is 4.79 Å². The Hall–Kier alpha value is -2.88. The van der Waals surface area contributed by atoms with Crippen LogP contribution in [0.5, 0.6) is 0 Å². The van der Waals surface area contributed by atoms with Crippen LogP contribution in [0.25, 0.3) is 0 Å². The first-order valence-corrected chi connectivity index (χ1v) is 9.09. The molecule has 4 heteroatoms. The molecule has 0 bridgehead atoms. The maximum Gasteiger partial charge on any atom is 0.369 e. The van der Waals surface area contributed by atoms with Crippen molar-refractivity contribution in [2.24, 2.45) is 5.16 Å². The van der Waals surface area contributed by atoms with Crippen LogP contribution < -0.4 is 0 Å². The Morgan fingerprint density at radius 3 is 2.46 bits per heavy atom. The first-order chi connectivity index (χ1) is 12.7. The summed E-state index contributed by atoms with van der Waals surface area (Å²) >= 11 is 0. The lowest BCUT2D eigenvalue weighted by atomic mass is 9.89. The summed E-state index contributed by atoms with van der Waals surface area (Å²) in [5, 5.41) is 4.03. The van der Waals surface area contributed by atoms with Gasteiger partial charge in [0.2, 0.25) is 0 Å². The van der Waals surface area contributed by atoms with Crippen molar-refractivity contribution in [2.75, 3.05) is 13.1 Å². The van der Waals surface area contributed by atoms with Crippen molar-refractivity contribution in [1.82, 2.24) is 4.90 Å². The zero-order chi connectivity index (χ0) is 17.9. The highest BCUT2D eigenvalue weighted by atomic mass is 16.7. The van der Waals surface area contributed by atoms with E-state index in [2.05, 4.69) is 40.4 Å². The third kappa shape index (κ3) is 3.27. The van der Waals surface area contributed by atoms with Gasteiger partial charge in [-0.2, -0.15) is 0 Å². The molecule has 0 aliphatic carbocycles. The van der Waals surface area contributed by atoms with Gasteiger partial charge in [-0.15, -0.1) is 0 Å². The largest absolute Gasteiger partial charge is 0.377 e. The van der Waals surface area contributed by atoms with E-state index in [-0.39, 0.29) is 5.97 Å². The van der Waals surface area contributed by atoms with E-state index in [1.165, 1.54) is 5.56 Å². The first-order valence-electron chi connectivity index (χ1n) is 9.09. The topological polar surface area (TPSA) is 41.9 Å². The highest BCUT2D eigenvalue weighted by molar-refractivity contribution is 6.29. The number of likely N-dealkylation sites (tertiary alicyclic amines) is 1. The molecule has 2 heterocycles. The van der Waals surface area contributed by atoms with Crippen LogP contribution in [0.3, 0.4) is 0 Å². The molecule has 0 aromatic heterocycles. The summed E-state index contributed by atoms with van der Waals surface area (Å²) in [5.41, 5.74) is 4.62. The molecular formula is C22H22N2O2. The van der Waals surface area contributed by atoms with Crippen LogP contribution in [-0.2, 0) is 9.63 Å². The van der Waals surface area contributed by atoms with Crippen LogP contribution in [0.4, 0.5) is 0 Å². The lowest BCUT2D eigenvalue weighted by Crippen LogP contribution is -2.30. The summed E-state index contributed by atoms with van der Waals surface area (Å²) in [7, 11) is 0. The summed E-state index contributed by atoms with van der Waals surface area (Å²) in [5.74, 6) is 0.222. The van der Waals surface area contributed by atoms with Crippen molar-refractivity contribution >= 4 is 11.7 Å². The SMILES string of the molecule is Cc1ccccc1C1=NOC(=O)C1=CN1CCC(c2ccccc2)CC1. The molecule has 2 aromatic carbocycles. The molecule has 0 unspecified atom stereocenters. The highest BCUT2D eigenvalue weighted by Crippen LogP contribution is 2.29. The molecule has 26 heavy (non-hydrogen) atoms. The number of piperidine rings is 1. The average Bonchev–Trinajstić information content (AvgIpc) is 3.04. The van der Waals surface area contributed by atoms with Crippen molar-refractivity contribution in [3.8, 4) is 0 Å². The van der Waals surface area contributed by atoms with E-state index in [1.807, 2.05) is 37.4 Å². The van der Waals surface area contributed by atoms with Gasteiger partial charge in [0.15, 0.2) is 0 Å². The minimum absolute atomic E-state index is 0.367. The van der Waals surface area contributed by atoms with Gasteiger partial charge in [-0.1, -0.05) is 59.8 Å². The maximum atomic E-state index is 12.2. The quantitative estimate of drug-likeness (QED) is 0.623. The number of hydrogen-bond acceptors (Lipinski definition) is 4. The van der Waals surface area contributed by atoms with Gasteiger partial charge in [0.1, 0.15) is 11.3 Å². The Balaban J connectivity index is 1.50. The van der Waals surface area contributed by atoms with Gasteiger partial charge in [-0.05, 0) is 36.8 Å². The molecule has 1 saturated heterocycles. The molecule has 0 spiro atoms. The number of carbonyl (C=O) groups is 1. The fourth-order valence-electron chi connectivity index (χ4n) is 3.70. The number of benzene rings is 2. The molecule has 2 aromatic rings. The van der Waals surface area contributed by atoms with Gasteiger partial charge in [-0.25, -0.2) is 4.79 Å². The Bertz CT molecular complexity index is 863. The van der Waals surface area contributed by atoms with Crippen molar-refractivity contribution < 1.29 is 9.63 Å². The van der Waals surface area contributed by atoms with E-state index in [4.69, 9.17) is 4.84 Å². The second kappa shape index (κ2) is 7.16. The normalized spacial score (nSPS) is 19.6. The number of hydrogen-bond donors (Lipinski definition) is 0. The van der Waals surface area contributed by atoms with E-state index < -0.39 is 0 Å². The molecule has 0 saturated carbocycles. The van der Waals surface area contributed by atoms with Crippen LogP contribution in [0, 0.1) is 6.92 Å². The Morgan fingerprint density at radius 2 is 1.73 bits per heavy atom. The minimum Gasteiger partial charge on any atom is -0.377 e. The Labute approximate surface area is 153 Å². The van der Waals surface area contributed by atoms with Crippen LogP contribution in [-0.4, -0.2) is 29.7 Å². The molecule has 0 atom stereocenters. The Morgan fingerprint density at radius 1 is 1.04 bits per heavy atom. The number of nitrogens with zero attached hydrogens (tertiary/aromatic N) is 2. The lowest BCUT2D eigenvalue weighted by molar-refractivity contribution is -0.136.